The molecule has 0 aliphatic heterocycles. The maximum atomic E-state index is 11.8. The fraction of sp³-hybridized carbons (Fsp3) is 0.412. The van der Waals surface area contributed by atoms with Crippen molar-refractivity contribution in [3.05, 3.63) is 42.2 Å². The molecule has 0 saturated heterocycles. The van der Waals surface area contributed by atoms with E-state index in [0.717, 1.165) is 42.5 Å². The second-order valence-corrected chi connectivity index (χ2v) is 5.62. The maximum absolute atomic E-state index is 11.8. The number of nitrogens with zero attached hydrogens (tertiary/aromatic N) is 1. The number of aromatic amines is 1. The molecular weight excluding hydrogens is 262 g/mol. The smallest absolute Gasteiger partial charge is 0.220 e. The van der Waals surface area contributed by atoms with E-state index in [2.05, 4.69) is 27.4 Å². The number of benzene rings is 1. The lowest BCUT2D eigenvalue weighted by Crippen LogP contribution is -2.26. The number of carbonyl (C=O) groups excluding carboxylic acids is 1. The summed E-state index contributed by atoms with van der Waals surface area (Å²) in [7, 11) is 0. The monoisotopic (exact) mass is 283 g/mol. The van der Waals surface area contributed by atoms with Crippen LogP contribution in [0.4, 0.5) is 0 Å². The summed E-state index contributed by atoms with van der Waals surface area (Å²) in [6.07, 6.45) is 8.95. The lowest BCUT2D eigenvalue weighted by Gasteiger charge is -2.08. The zero-order valence-corrected chi connectivity index (χ0v) is 12.1. The number of carbonyl (C=O) groups is 1. The molecule has 21 heavy (non-hydrogen) atoms. The van der Waals surface area contributed by atoms with Crippen molar-refractivity contribution >= 4 is 16.9 Å². The van der Waals surface area contributed by atoms with E-state index >= 15 is 0 Å². The van der Waals surface area contributed by atoms with Gasteiger partial charge in [0.25, 0.3) is 0 Å². The molecule has 0 bridgehead atoms. The Kier molecular flexibility index (Phi) is 4.34. The summed E-state index contributed by atoms with van der Waals surface area (Å²) in [5.74, 6) is 1.60. The Morgan fingerprint density at radius 3 is 3.10 bits per heavy atom. The van der Waals surface area contributed by atoms with Crippen molar-refractivity contribution in [3.63, 3.8) is 0 Å². The number of nitrogens with one attached hydrogen (secondary N) is 2. The van der Waals surface area contributed by atoms with Crippen molar-refractivity contribution in [1.29, 1.82) is 0 Å². The normalized spacial score (nSPS) is 17.4. The molecular formula is C17H21N3O. The van der Waals surface area contributed by atoms with Crippen LogP contribution < -0.4 is 5.32 Å². The summed E-state index contributed by atoms with van der Waals surface area (Å²) < 4.78 is 0. The molecule has 0 spiro atoms. The van der Waals surface area contributed by atoms with Gasteiger partial charge < -0.3 is 10.3 Å². The van der Waals surface area contributed by atoms with Crippen LogP contribution in [-0.2, 0) is 11.2 Å². The first-order valence-electron chi connectivity index (χ1n) is 7.68. The summed E-state index contributed by atoms with van der Waals surface area (Å²) >= 11 is 0. The number of imidazole rings is 1. The van der Waals surface area contributed by atoms with Crippen molar-refractivity contribution in [3.8, 4) is 0 Å². The van der Waals surface area contributed by atoms with Gasteiger partial charge in [0.05, 0.1) is 11.0 Å². The van der Waals surface area contributed by atoms with Crippen LogP contribution in [0.1, 0.15) is 31.5 Å². The summed E-state index contributed by atoms with van der Waals surface area (Å²) in [5, 5.41) is 3.00. The molecule has 0 saturated carbocycles. The van der Waals surface area contributed by atoms with E-state index in [1.165, 1.54) is 0 Å². The van der Waals surface area contributed by atoms with Crippen molar-refractivity contribution < 1.29 is 4.79 Å². The van der Waals surface area contributed by atoms with Gasteiger partial charge in [-0.15, -0.1) is 0 Å². The maximum Gasteiger partial charge on any atom is 0.220 e. The molecule has 2 aromatic rings. The SMILES string of the molecule is O=C(C[C@H]1C=CCC1)NCCCc1nc2ccccc2[nH]1. The van der Waals surface area contributed by atoms with Gasteiger partial charge in [-0.1, -0.05) is 24.3 Å². The van der Waals surface area contributed by atoms with Crippen LogP contribution in [-0.4, -0.2) is 22.4 Å². The predicted molar refractivity (Wildman–Crippen MR) is 83.9 cm³/mol. The Bertz CT molecular complexity index is 611. The van der Waals surface area contributed by atoms with Crippen LogP contribution in [0, 0.1) is 5.92 Å². The largest absolute Gasteiger partial charge is 0.356 e. The first-order chi connectivity index (χ1) is 10.3. The minimum atomic E-state index is 0.163. The third-order valence-corrected chi connectivity index (χ3v) is 3.91. The number of aryl methyl sites for hydroxylation is 1. The minimum Gasteiger partial charge on any atom is -0.356 e. The van der Waals surface area contributed by atoms with Crippen molar-refractivity contribution in [2.75, 3.05) is 6.54 Å². The third kappa shape index (κ3) is 3.72. The Labute approximate surface area is 124 Å². The molecule has 3 rings (SSSR count). The molecule has 1 heterocycles. The second kappa shape index (κ2) is 6.57. The molecule has 0 unspecified atom stereocenters. The van der Waals surface area contributed by atoms with Gasteiger partial charge in [-0.3, -0.25) is 4.79 Å². The highest BCUT2D eigenvalue weighted by molar-refractivity contribution is 5.76. The number of rotatable bonds is 6. The van der Waals surface area contributed by atoms with Crippen LogP contribution in [0.25, 0.3) is 11.0 Å². The van der Waals surface area contributed by atoms with Gasteiger partial charge in [0.1, 0.15) is 5.82 Å². The highest BCUT2D eigenvalue weighted by Gasteiger charge is 2.13. The fourth-order valence-electron chi connectivity index (χ4n) is 2.78. The molecule has 110 valence electrons. The number of amides is 1. The van der Waals surface area contributed by atoms with Crippen LogP contribution in [0.15, 0.2) is 36.4 Å². The van der Waals surface area contributed by atoms with E-state index in [-0.39, 0.29) is 5.91 Å². The van der Waals surface area contributed by atoms with Crippen LogP contribution in [0.3, 0.4) is 0 Å². The molecule has 1 aliphatic rings. The lowest BCUT2D eigenvalue weighted by atomic mass is 10.1. The Hall–Kier alpha value is -2.10. The number of fused-ring (bicyclic) bond motifs is 1. The van der Waals surface area contributed by atoms with Gasteiger partial charge >= 0.3 is 0 Å². The van der Waals surface area contributed by atoms with Gasteiger partial charge in [0.15, 0.2) is 0 Å². The lowest BCUT2D eigenvalue weighted by molar-refractivity contribution is -0.121. The molecule has 4 nitrogen and oxygen atoms in total. The van der Waals surface area contributed by atoms with Crippen molar-refractivity contribution in [1.82, 2.24) is 15.3 Å². The Morgan fingerprint density at radius 1 is 1.38 bits per heavy atom. The van der Waals surface area contributed by atoms with Crippen LogP contribution >= 0.6 is 0 Å². The number of aromatic nitrogens is 2. The molecule has 0 fully saturated rings. The quantitative estimate of drug-likeness (QED) is 0.632. The van der Waals surface area contributed by atoms with E-state index < -0.39 is 0 Å². The average molecular weight is 283 g/mol. The molecule has 1 aromatic carbocycles. The second-order valence-electron chi connectivity index (χ2n) is 5.62. The van der Waals surface area contributed by atoms with Crippen LogP contribution in [0.5, 0.6) is 0 Å². The van der Waals surface area contributed by atoms with Crippen LogP contribution in [0.2, 0.25) is 0 Å². The predicted octanol–water partition coefficient (Wildman–Crippen LogP) is 2.97. The van der Waals surface area contributed by atoms with Gasteiger partial charge in [0, 0.05) is 19.4 Å². The molecule has 4 heteroatoms. The molecule has 1 aliphatic carbocycles. The number of hydrogen-bond donors (Lipinski definition) is 2. The molecule has 1 atom stereocenters. The standard InChI is InChI=1S/C17H21N3O/c21-17(12-13-6-1-2-7-13)18-11-5-10-16-19-14-8-3-4-9-15(14)20-16/h1,3-4,6,8-9,13H,2,5,7,10-12H2,(H,18,21)(H,19,20)/t13-/m0/s1. The fourth-order valence-corrected chi connectivity index (χ4v) is 2.78. The highest BCUT2D eigenvalue weighted by atomic mass is 16.1. The first-order valence-corrected chi connectivity index (χ1v) is 7.68. The summed E-state index contributed by atoms with van der Waals surface area (Å²) in [4.78, 5) is 19.6. The Balaban J connectivity index is 1.39. The summed E-state index contributed by atoms with van der Waals surface area (Å²) in [5.41, 5.74) is 2.08. The van der Waals surface area contributed by atoms with E-state index in [1.807, 2.05) is 24.3 Å². The number of H-pyrrole nitrogens is 1. The Morgan fingerprint density at radius 2 is 2.29 bits per heavy atom. The van der Waals surface area contributed by atoms with Gasteiger partial charge in [-0.05, 0) is 37.3 Å². The number of allylic oxidation sites excluding steroid dienone is 2. The van der Waals surface area contributed by atoms with Gasteiger partial charge in [-0.2, -0.15) is 0 Å². The summed E-state index contributed by atoms with van der Waals surface area (Å²) in [6.45, 7) is 0.715. The van der Waals surface area contributed by atoms with Crippen molar-refractivity contribution in [2.24, 2.45) is 5.92 Å². The van der Waals surface area contributed by atoms with E-state index in [4.69, 9.17) is 0 Å². The zero-order chi connectivity index (χ0) is 14.5. The van der Waals surface area contributed by atoms with E-state index in [1.54, 1.807) is 0 Å². The minimum absolute atomic E-state index is 0.163. The molecule has 0 radical (unpaired) electrons. The topological polar surface area (TPSA) is 57.8 Å². The number of para-hydroxylation sites is 2. The average Bonchev–Trinajstić information content (AvgIpc) is 3.12. The zero-order valence-electron chi connectivity index (χ0n) is 12.1. The van der Waals surface area contributed by atoms with E-state index in [0.29, 0.717) is 18.9 Å². The molecule has 1 amide bonds. The number of hydrogen-bond acceptors (Lipinski definition) is 2. The van der Waals surface area contributed by atoms with Gasteiger partial charge in [0.2, 0.25) is 5.91 Å². The van der Waals surface area contributed by atoms with Gasteiger partial charge in [-0.25, -0.2) is 4.98 Å². The molecule has 1 aromatic heterocycles. The molecule has 2 N–H and O–H groups in total. The summed E-state index contributed by atoms with van der Waals surface area (Å²) in [6, 6.07) is 8.03. The van der Waals surface area contributed by atoms with Crippen molar-refractivity contribution in [2.45, 2.75) is 32.1 Å². The van der Waals surface area contributed by atoms with E-state index in [9.17, 15) is 4.79 Å². The highest BCUT2D eigenvalue weighted by Crippen LogP contribution is 2.19. The third-order valence-electron chi connectivity index (χ3n) is 3.91. The first kappa shape index (κ1) is 13.9.